The molecule has 0 bridgehead atoms. The first-order valence-corrected chi connectivity index (χ1v) is 5.95. The molecule has 1 fully saturated rings. The van der Waals surface area contributed by atoms with Crippen molar-refractivity contribution in [1.29, 1.82) is 0 Å². The number of morpholine rings is 1. The minimum Gasteiger partial charge on any atom is -0.372 e. The molecule has 0 aliphatic carbocycles. The minimum atomic E-state index is 0.0516. The summed E-state index contributed by atoms with van der Waals surface area (Å²) in [5.74, 6) is 0.0516. The van der Waals surface area contributed by atoms with Crippen molar-refractivity contribution in [2.75, 3.05) is 13.1 Å². The molecule has 2 heterocycles. The molecule has 1 amide bonds. The molecule has 0 saturated carbocycles. The fourth-order valence-electron chi connectivity index (χ4n) is 2.37. The highest BCUT2D eigenvalue weighted by atomic mass is 16.5. The van der Waals surface area contributed by atoms with E-state index in [0.717, 1.165) is 11.4 Å². The van der Waals surface area contributed by atoms with E-state index in [1.54, 1.807) is 0 Å². The van der Waals surface area contributed by atoms with Crippen molar-refractivity contribution in [3.8, 4) is 0 Å². The Bertz CT molecular complexity index is 398. The number of H-pyrrole nitrogens is 1. The van der Waals surface area contributed by atoms with E-state index in [4.69, 9.17) is 4.74 Å². The van der Waals surface area contributed by atoms with Gasteiger partial charge in [-0.25, -0.2) is 0 Å². The number of aryl methyl sites for hydroxylation is 2. The highest BCUT2D eigenvalue weighted by Gasteiger charge is 2.28. The first-order valence-electron chi connectivity index (χ1n) is 5.95. The van der Waals surface area contributed by atoms with Crippen molar-refractivity contribution in [2.24, 2.45) is 0 Å². The number of rotatable bonds is 1. The molecule has 2 atom stereocenters. The number of hydrogen-bond acceptors (Lipinski definition) is 3. The summed E-state index contributed by atoms with van der Waals surface area (Å²) in [6.45, 7) is 9.00. The van der Waals surface area contributed by atoms with Crippen molar-refractivity contribution >= 4 is 5.91 Å². The second kappa shape index (κ2) is 4.49. The van der Waals surface area contributed by atoms with Gasteiger partial charge in [-0.05, 0) is 27.7 Å². The van der Waals surface area contributed by atoms with Crippen molar-refractivity contribution in [1.82, 2.24) is 15.1 Å². The van der Waals surface area contributed by atoms with Crippen LogP contribution in [-0.4, -0.2) is 46.3 Å². The standard InChI is InChI=1S/C12H19N3O2/c1-7-5-15(6-8(2)17-7)12(16)11-9(3)13-14-10(11)4/h7-8H,5-6H2,1-4H3,(H,13,14). The summed E-state index contributed by atoms with van der Waals surface area (Å²) in [6, 6.07) is 0. The van der Waals surface area contributed by atoms with Crippen LogP contribution in [0.2, 0.25) is 0 Å². The number of carbonyl (C=O) groups is 1. The third-order valence-corrected chi connectivity index (χ3v) is 3.05. The lowest BCUT2D eigenvalue weighted by molar-refractivity contribution is -0.0586. The van der Waals surface area contributed by atoms with Crippen molar-refractivity contribution < 1.29 is 9.53 Å². The fraction of sp³-hybridized carbons (Fsp3) is 0.667. The van der Waals surface area contributed by atoms with Crippen LogP contribution in [0.15, 0.2) is 0 Å². The second-order valence-corrected chi connectivity index (χ2v) is 4.78. The number of nitrogens with one attached hydrogen (secondary N) is 1. The molecular formula is C12H19N3O2. The van der Waals surface area contributed by atoms with Gasteiger partial charge >= 0.3 is 0 Å². The Labute approximate surface area is 101 Å². The number of nitrogens with zero attached hydrogens (tertiary/aromatic N) is 2. The quantitative estimate of drug-likeness (QED) is 0.800. The Morgan fingerprint density at radius 1 is 1.35 bits per heavy atom. The van der Waals surface area contributed by atoms with E-state index in [1.165, 1.54) is 0 Å². The molecule has 0 aromatic carbocycles. The molecule has 1 saturated heterocycles. The van der Waals surface area contributed by atoms with Gasteiger partial charge in [-0.3, -0.25) is 9.89 Å². The van der Waals surface area contributed by atoms with Crippen LogP contribution in [0, 0.1) is 13.8 Å². The van der Waals surface area contributed by atoms with Gasteiger partial charge in [0.05, 0.1) is 23.5 Å². The predicted molar refractivity (Wildman–Crippen MR) is 64.0 cm³/mol. The van der Waals surface area contributed by atoms with E-state index >= 15 is 0 Å². The highest BCUT2D eigenvalue weighted by Crippen LogP contribution is 2.17. The number of ether oxygens (including phenoxy) is 1. The summed E-state index contributed by atoms with van der Waals surface area (Å²) in [6.07, 6.45) is 0.186. The third kappa shape index (κ3) is 2.34. The molecule has 1 aromatic heterocycles. The largest absolute Gasteiger partial charge is 0.372 e. The Balaban J connectivity index is 2.20. The predicted octanol–water partition coefficient (Wildman–Crippen LogP) is 1.28. The van der Waals surface area contributed by atoms with Crippen LogP contribution in [0.4, 0.5) is 0 Å². The first-order chi connectivity index (χ1) is 7.99. The van der Waals surface area contributed by atoms with Crippen LogP contribution in [0.3, 0.4) is 0 Å². The van der Waals surface area contributed by atoms with Crippen LogP contribution < -0.4 is 0 Å². The normalized spacial score (nSPS) is 25.1. The molecule has 0 radical (unpaired) electrons. The van der Waals surface area contributed by atoms with Gasteiger partial charge in [0.25, 0.3) is 5.91 Å². The van der Waals surface area contributed by atoms with Crippen molar-refractivity contribution in [3.05, 3.63) is 17.0 Å². The van der Waals surface area contributed by atoms with Crippen LogP contribution >= 0.6 is 0 Å². The Morgan fingerprint density at radius 2 is 1.94 bits per heavy atom. The second-order valence-electron chi connectivity index (χ2n) is 4.78. The van der Waals surface area contributed by atoms with Crippen LogP contribution in [0.5, 0.6) is 0 Å². The summed E-state index contributed by atoms with van der Waals surface area (Å²) in [7, 11) is 0. The number of amides is 1. The minimum absolute atomic E-state index is 0.0516. The summed E-state index contributed by atoms with van der Waals surface area (Å²) in [4.78, 5) is 14.3. The smallest absolute Gasteiger partial charge is 0.257 e. The van der Waals surface area contributed by atoms with Crippen LogP contribution in [0.25, 0.3) is 0 Å². The molecule has 2 unspecified atom stereocenters. The van der Waals surface area contributed by atoms with Gasteiger partial charge in [0, 0.05) is 18.8 Å². The Hall–Kier alpha value is -1.36. The molecule has 1 N–H and O–H groups in total. The average molecular weight is 237 g/mol. The molecule has 2 rings (SSSR count). The van der Waals surface area contributed by atoms with Gasteiger partial charge in [-0.15, -0.1) is 0 Å². The zero-order chi connectivity index (χ0) is 12.6. The summed E-state index contributed by atoms with van der Waals surface area (Å²) < 4.78 is 5.63. The van der Waals surface area contributed by atoms with Crippen LogP contribution in [0.1, 0.15) is 35.6 Å². The van der Waals surface area contributed by atoms with Gasteiger partial charge in [0.1, 0.15) is 0 Å². The molecule has 5 heteroatoms. The van der Waals surface area contributed by atoms with E-state index < -0.39 is 0 Å². The van der Waals surface area contributed by atoms with E-state index in [2.05, 4.69) is 10.2 Å². The molecule has 0 spiro atoms. The topological polar surface area (TPSA) is 58.2 Å². The zero-order valence-corrected chi connectivity index (χ0v) is 10.8. The molecule has 1 aliphatic heterocycles. The molecule has 5 nitrogen and oxygen atoms in total. The zero-order valence-electron chi connectivity index (χ0n) is 10.8. The average Bonchev–Trinajstić information content (AvgIpc) is 2.56. The van der Waals surface area contributed by atoms with E-state index in [0.29, 0.717) is 18.7 Å². The summed E-state index contributed by atoms with van der Waals surface area (Å²) >= 11 is 0. The molecule has 1 aliphatic rings. The lowest BCUT2D eigenvalue weighted by Gasteiger charge is -2.35. The summed E-state index contributed by atoms with van der Waals surface area (Å²) in [5, 5.41) is 6.92. The number of hydrogen-bond donors (Lipinski definition) is 1. The highest BCUT2D eigenvalue weighted by molar-refractivity contribution is 5.96. The van der Waals surface area contributed by atoms with Crippen molar-refractivity contribution in [2.45, 2.75) is 39.9 Å². The lowest BCUT2D eigenvalue weighted by Crippen LogP contribution is -2.48. The van der Waals surface area contributed by atoms with Gasteiger partial charge in [-0.1, -0.05) is 0 Å². The summed E-state index contributed by atoms with van der Waals surface area (Å²) in [5.41, 5.74) is 2.30. The Kier molecular flexibility index (Phi) is 3.19. The van der Waals surface area contributed by atoms with Gasteiger partial charge in [-0.2, -0.15) is 5.10 Å². The third-order valence-electron chi connectivity index (χ3n) is 3.05. The van der Waals surface area contributed by atoms with E-state index in [1.807, 2.05) is 32.6 Å². The molecule has 1 aromatic rings. The van der Waals surface area contributed by atoms with Crippen molar-refractivity contribution in [3.63, 3.8) is 0 Å². The Morgan fingerprint density at radius 3 is 2.41 bits per heavy atom. The maximum absolute atomic E-state index is 12.4. The van der Waals surface area contributed by atoms with Gasteiger partial charge < -0.3 is 9.64 Å². The van der Waals surface area contributed by atoms with Gasteiger partial charge in [0.15, 0.2) is 0 Å². The van der Waals surface area contributed by atoms with Crippen LogP contribution in [-0.2, 0) is 4.74 Å². The SMILES string of the molecule is Cc1n[nH]c(C)c1C(=O)N1CC(C)OC(C)C1. The maximum atomic E-state index is 12.4. The molecule has 17 heavy (non-hydrogen) atoms. The number of aromatic amines is 1. The first kappa shape index (κ1) is 12.1. The molecule has 94 valence electrons. The fourth-order valence-corrected chi connectivity index (χ4v) is 2.37. The van der Waals surface area contributed by atoms with E-state index in [9.17, 15) is 4.79 Å². The number of aromatic nitrogens is 2. The number of carbonyl (C=O) groups excluding carboxylic acids is 1. The lowest BCUT2D eigenvalue weighted by atomic mass is 10.1. The monoisotopic (exact) mass is 237 g/mol. The van der Waals surface area contributed by atoms with Gasteiger partial charge in [0.2, 0.25) is 0 Å². The van der Waals surface area contributed by atoms with E-state index in [-0.39, 0.29) is 18.1 Å². The maximum Gasteiger partial charge on any atom is 0.257 e. The molecular weight excluding hydrogens is 218 g/mol.